The third-order valence-electron chi connectivity index (χ3n) is 15.8. The number of hydrogen-bond acceptors (Lipinski definition) is 0. The maximum atomic E-state index is 2.67. The molecule has 0 aliphatic carbocycles. The molecule has 0 saturated carbocycles. The molecule has 0 saturated heterocycles. The van der Waals surface area contributed by atoms with Crippen LogP contribution in [0, 0.1) is 83.1 Å². The Morgan fingerprint density at radius 3 is 0.618 bits per heavy atom. The molecule has 13 rings (SSSR count). The minimum atomic E-state index is 1.25. The smallest absolute Gasteiger partial charge is 0.0635 e. The first-order valence-electron chi connectivity index (χ1n) is 24.4. The predicted molar refractivity (Wildman–Crippen MR) is 294 cm³/mol. The van der Waals surface area contributed by atoms with Crippen molar-refractivity contribution in [1.82, 2.24) is 8.80 Å². The van der Waals surface area contributed by atoms with Gasteiger partial charge in [0.1, 0.15) is 0 Å². The zero-order valence-electron chi connectivity index (χ0n) is 41.4. The lowest BCUT2D eigenvalue weighted by Gasteiger charge is -2.17. The van der Waals surface area contributed by atoms with Crippen LogP contribution in [0.1, 0.15) is 66.8 Å². The van der Waals surface area contributed by atoms with E-state index in [0.29, 0.717) is 0 Å². The molecule has 4 heterocycles. The Labute approximate surface area is 398 Å². The van der Waals surface area contributed by atoms with E-state index >= 15 is 0 Å². The second kappa shape index (κ2) is 14.1. The van der Waals surface area contributed by atoms with Crippen molar-refractivity contribution in [2.24, 2.45) is 0 Å². The van der Waals surface area contributed by atoms with Crippen LogP contribution in [-0.4, -0.2) is 8.80 Å². The highest BCUT2D eigenvalue weighted by atomic mass is 14.9. The van der Waals surface area contributed by atoms with E-state index in [0.717, 1.165) is 0 Å². The van der Waals surface area contributed by atoms with Gasteiger partial charge in [-0.3, -0.25) is 0 Å². The molecule has 2 heteroatoms. The quantitative estimate of drug-likeness (QED) is 0.167. The van der Waals surface area contributed by atoms with Crippen LogP contribution in [0.3, 0.4) is 0 Å². The fourth-order valence-corrected chi connectivity index (χ4v) is 14.1. The largest absolute Gasteiger partial charge is 0.308 e. The van der Waals surface area contributed by atoms with Crippen molar-refractivity contribution in [3.8, 4) is 44.5 Å². The van der Waals surface area contributed by atoms with Crippen LogP contribution >= 0.6 is 0 Å². The fourth-order valence-electron chi connectivity index (χ4n) is 14.1. The van der Waals surface area contributed by atoms with Gasteiger partial charge in [-0.1, -0.05) is 119 Å². The minimum absolute atomic E-state index is 1.25. The van der Waals surface area contributed by atoms with Crippen molar-refractivity contribution in [3.05, 3.63) is 188 Å². The molecule has 13 aromatic rings. The van der Waals surface area contributed by atoms with Gasteiger partial charge in [0, 0.05) is 43.1 Å². The van der Waals surface area contributed by atoms with Crippen LogP contribution in [0.5, 0.6) is 0 Å². The van der Waals surface area contributed by atoms with Gasteiger partial charge < -0.3 is 8.80 Å². The number of nitrogens with zero attached hydrogens (tertiary/aromatic N) is 2. The molecule has 330 valence electrons. The molecule has 0 amide bonds. The van der Waals surface area contributed by atoms with Gasteiger partial charge in [0.25, 0.3) is 0 Å². The molecule has 9 aromatic carbocycles. The summed E-state index contributed by atoms with van der Waals surface area (Å²) in [6, 6.07) is 47.4. The fraction of sp³-hybridized carbons (Fsp3) is 0.182. The summed E-state index contributed by atoms with van der Waals surface area (Å²) in [4.78, 5) is 0. The molecule has 0 spiro atoms. The third kappa shape index (κ3) is 5.24. The van der Waals surface area contributed by atoms with E-state index < -0.39 is 0 Å². The summed E-state index contributed by atoms with van der Waals surface area (Å²) in [5.74, 6) is 0. The van der Waals surface area contributed by atoms with Gasteiger partial charge >= 0.3 is 0 Å². The van der Waals surface area contributed by atoms with Crippen LogP contribution in [0.25, 0.3) is 121 Å². The van der Waals surface area contributed by atoms with Crippen molar-refractivity contribution >= 4 is 76.2 Å². The number of rotatable bonds is 4. The summed E-state index contributed by atoms with van der Waals surface area (Å²) in [5.41, 5.74) is 33.9. The van der Waals surface area contributed by atoms with E-state index in [-0.39, 0.29) is 0 Å². The van der Waals surface area contributed by atoms with Crippen LogP contribution in [-0.2, 0) is 0 Å². The number of benzene rings is 9. The first-order valence-corrected chi connectivity index (χ1v) is 24.4. The third-order valence-corrected chi connectivity index (χ3v) is 15.8. The maximum Gasteiger partial charge on any atom is 0.0635 e. The average molecular weight is 877 g/mol. The molecule has 0 aliphatic heterocycles. The SMILES string of the molecule is Cc1cc(C)c(-c2cccc3c2c2c4c5c(-c6c(C)cc(C)cc6C)cccc5n5c6cccc(-c7c(C)cc(C)cc7C)c6c(c6c7c(-c8c(C)cc(C)cc8C)cccc7n3c26)c45)c(C)c1. The number of aromatic nitrogens is 2. The van der Waals surface area contributed by atoms with E-state index in [9.17, 15) is 0 Å². The highest BCUT2D eigenvalue weighted by molar-refractivity contribution is 6.48. The van der Waals surface area contributed by atoms with Crippen LogP contribution in [0.15, 0.2) is 121 Å². The Kier molecular flexibility index (Phi) is 8.44. The van der Waals surface area contributed by atoms with Gasteiger partial charge in [-0.2, -0.15) is 0 Å². The van der Waals surface area contributed by atoms with Crippen molar-refractivity contribution < 1.29 is 0 Å². The Morgan fingerprint density at radius 1 is 0.235 bits per heavy atom. The average Bonchev–Trinajstić information content (AvgIpc) is 4.00. The van der Waals surface area contributed by atoms with E-state index in [2.05, 4.69) is 213 Å². The Morgan fingerprint density at radius 2 is 0.426 bits per heavy atom. The van der Waals surface area contributed by atoms with Gasteiger partial charge in [-0.15, -0.1) is 0 Å². The summed E-state index contributed by atoms with van der Waals surface area (Å²) in [6.07, 6.45) is 0. The molecular formula is C66H56N2. The highest BCUT2D eigenvalue weighted by Crippen LogP contribution is 2.57. The van der Waals surface area contributed by atoms with Crippen molar-refractivity contribution in [2.75, 3.05) is 0 Å². The second-order valence-electron chi connectivity index (χ2n) is 20.8. The summed E-state index contributed by atoms with van der Waals surface area (Å²) in [6.45, 7) is 27.4. The molecule has 0 bridgehead atoms. The van der Waals surface area contributed by atoms with Gasteiger partial charge in [0.2, 0.25) is 0 Å². The molecule has 0 radical (unpaired) electrons. The van der Waals surface area contributed by atoms with Crippen LogP contribution < -0.4 is 0 Å². The van der Waals surface area contributed by atoms with E-state index in [1.165, 1.54) is 187 Å². The van der Waals surface area contributed by atoms with Crippen molar-refractivity contribution in [2.45, 2.75) is 83.1 Å². The number of fused-ring (bicyclic) bond motifs is 14. The summed E-state index contributed by atoms with van der Waals surface area (Å²) >= 11 is 0. The molecular weight excluding hydrogens is 821 g/mol. The Bertz CT molecular complexity index is 3720. The molecule has 4 aromatic heterocycles. The standard InChI is InChI=1S/C66H56N2/c1-33-25-37(5)53(38(6)26-33)45-17-13-21-49-57(45)61-62-58-46(54-39(7)27-34(2)28-40(54)8)18-15-23-51(58)68-52-24-16-20-48(56-43(11)31-36(4)32-44(56)12)60(52)64(66(62)68)63-59-47(19-14-22-50(59)67(49)65(61)63)55-41(9)29-35(3)30-42(55)10/h13-32H,1-12H3. The van der Waals surface area contributed by atoms with E-state index in [4.69, 9.17) is 0 Å². The summed E-state index contributed by atoms with van der Waals surface area (Å²) < 4.78 is 5.35. The Balaban J connectivity index is 1.40. The van der Waals surface area contributed by atoms with Crippen LogP contribution in [0.4, 0.5) is 0 Å². The first kappa shape index (κ1) is 40.8. The second-order valence-corrected chi connectivity index (χ2v) is 20.8. The van der Waals surface area contributed by atoms with E-state index in [1.807, 2.05) is 0 Å². The predicted octanol–water partition coefficient (Wildman–Crippen LogP) is 18.4. The molecule has 0 atom stereocenters. The highest BCUT2D eigenvalue weighted by Gasteiger charge is 2.33. The molecule has 0 unspecified atom stereocenters. The van der Waals surface area contributed by atoms with Crippen LogP contribution in [0.2, 0.25) is 0 Å². The summed E-state index contributed by atoms with van der Waals surface area (Å²) in [5, 5.41) is 10.7. The first-order chi connectivity index (χ1) is 32.7. The molecule has 0 aliphatic rings. The lowest BCUT2D eigenvalue weighted by molar-refractivity contribution is 1.32. The van der Waals surface area contributed by atoms with Gasteiger partial charge in [-0.25, -0.2) is 0 Å². The normalized spacial score (nSPS) is 12.4. The molecule has 2 nitrogen and oxygen atoms in total. The summed E-state index contributed by atoms with van der Waals surface area (Å²) in [7, 11) is 0. The van der Waals surface area contributed by atoms with Gasteiger partial charge in [0.05, 0.1) is 33.1 Å². The lowest BCUT2D eigenvalue weighted by atomic mass is 9.86. The number of aryl methyl sites for hydroxylation is 12. The molecule has 0 N–H and O–H groups in total. The number of hydrogen-bond donors (Lipinski definition) is 0. The zero-order chi connectivity index (χ0) is 46.9. The topological polar surface area (TPSA) is 8.82 Å². The lowest BCUT2D eigenvalue weighted by Crippen LogP contribution is -1.93. The maximum absolute atomic E-state index is 2.67. The minimum Gasteiger partial charge on any atom is -0.308 e. The van der Waals surface area contributed by atoms with Crippen molar-refractivity contribution in [3.63, 3.8) is 0 Å². The van der Waals surface area contributed by atoms with Gasteiger partial charge in [0.15, 0.2) is 0 Å². The molecule has 68 heavy (non-hydrogen) atoms. The van der Waals surface area contributed by atoms with Gasteiger partial charge in [-0.05, 0) is 196 Å². The molecule has 0 fully saturated rings. The zero-order valence-corrected chi connectivity index (χ0v) is 41.4. The Hall–Kier alpha value is -7.42. The van der Waals surface area contributed by atoms with Crippen molar-refractivity contribution in [1.29, 1.82) is 0 Å². The monoisotopic (exact) mass is 876 g/mol. The van der Waals surface area contributed by atoms with E-state index in [1.54, 1.807) is 0 Å².